The summed E-state index contributed by atoms with van der Waals surface area (Å²) in [7, 11) is 0. The molecule has 0 saturated heterocycles. The van der Waals surface area contributed by atoms with Crippen LogP contribution in [0.2, 0.25) is 0 Å². The molecule has 4 nitrogen and oxygen atoms in total. The molecule has 3 N–H and O–H groups in total. The minimum absolute atomic E-state index is 0.0230. The predicted molar refractivity (Wildman–Crippen MR) is 90.3 cm³/mol. The minimum Gasteiger partial charge on any atom is -0.392 e. The van der Waals surface area contributed by atoms with Crippen LogP contribution in [0.1, 0.15) is 55.3 Å². The number of rotatable bonds is 5. The molecule has 1 aromatic rings. The lowest BCUT2D eigenvalue weighted by Gasteiger charge is -2.30. The van der Waals surface area contributed by atoms with Crippen molar-refractivity contribution < 1.29 is 4.79 Å². The van der Waals surface area contributed by atoms with Gasteiger partial charge in [-0.2, -0.15) is 0 Å². The normalized spacial score (nSPS) is 18.0. The first-order valence-corrected chi connectivity index (χ1v) is 8.83. The van der Waals surface area contributed by atoms with Crippen LogP contribution < -0.4 is 11.1 Å². The van der Waals surface area contributed by atoms with Crippen molar-refractivity contribution in [3.63, 3.8) is 0 Å². The van der Waals surface area contributed by atoms with Crippen molar-refractivity contribution >= 4 is 34.5 Å². The highest BCUT2D eigenvalue weighted by atomic mass is 32.1. The monoisotopic (exact) mass is 325 g/mol. The molecule has 0 unspecified atom stereocenters. The number of carbonyl (C=O) groups excluding carboxylic acids is 1. The van der Waals surface area contributed by atoms with Crippen molar-refractivity contribution in [2.24, 2.45) is 11.1 Å². The SMILES string of the molecule is CCc1cnc(CNC(=O)C2(C(N)=S)CCCCCC2)s1. The molecule has 1 aromatic heterocycles. The molecule has 0 spiro atoms. The number of thiazole rings is 1. The Morgan fingerprint density at radius 1 is 1.43 bits per heavy atom. The predicted octanol–water partition coefficient (Wildman–Crippen LogP) is 2.95. The Bertz CT molecular complexity index is 505. The van der Waals surface area contributed by atoms with Crippen LogP contribution in [0.4, 0.5) is 0 Å². The standard InChI is InChI=1S/C15H23N3OS2/c1-2-11-9-17-12(21-11)10-18-14(19)15(13(16)20)7-5-3-4-6-8-15/h9H,2-8,10H2,1H3,(H2,16,20)(H,18,19). The van der Waals surface area contributed by atoms with E-state index in [2.05, 4.69) is 17.2 Å². The molecule has 1 aliphatic rings. The van der Waals surface area contributed by atoms with E-state index in [0.717, 1.165) is 50.0 Å². The minimum atomic E-state index is -0.656. The fourth-order valence-corrected chi connectivity index (χ4v) is 3.93. The number of hydrogen-bond acceptors (Lipinski definition) is 4. The third kappa shape index (κ3) is 3.80. The van der Waals surface area contributed by atoms with Crippen LogP contribution in [0.3, 0.4) is 0 Å². The average Bonchev–Trinajstić information content (AvgIpc) is 2.78. The molecular weight excluding hydrogens is 302 g/mol. The number of hydrogen-bond donors (Lipinski definition) is 2. The van der Waals surface area contributed by atoms with Crippen molar-refractivity contribution in [1.82, 2.24) is 10.3 Å². The average molecular weight is 326 g/mol. The maximum Gasteiger partial charge on any atom is 0.233 e. The van der Waals surface area contributed by atoms with Crippen molar-refractivity contribution in [2.45, 2.75) is 58.4 Å². The van der Waals surface area contributed by atoms with Crippen LogP contribution in [0.25, 0.3) is 0 Å². The van der Waals surface area contributed by atoms with Gasteiger partial charge < -0.3 is 11.1 Å². The number of carbonyl (C=O) groups is 1. The first-order valence-electron chi connectivity index (χ1n) is 7.60. The Labute approximate surface area is 135 Å². The van der Waals surface area contributed by atoms with Gasteiger partial charge in [-0.1, -0.05) is 44.8 Å². The molecule has 0 aromatic carbocycles. The van der Waals surface area contributed by atoms with E-state index in [-0.39, 0.29) is 5.91 Å². The number of amides is 1. The zero-order valence-electron chi connectivity index (χ0n) is 12.5. The van der Waals surface area contributed by atoms with E-state index in [4.69, 9.17) is 18.0 Å². The maximum absolute atomic E-state index is 12.7. The zero-order chi connectivity index (χ0) is 15.3. The van der Waals surface area contributed by atoms with Crippen molar-refractivity contribution in [1.29, 1.82) is 0 Å². The van der Waals surface area contributed by atoms with Gasteiger partial charge in [0.2, 0.25) is 5.91 Å². The van der Waals surface area contributed by atoms with E-state index in [9.17, 15) is 4.79 Å². The van der Waals surface area contributed by atoms with Gasteiger partial charge in [-0.15, -0.1) is 11.3 Å². The summed E-state index contributed by atoms with van der Waals surface area (Å²) in [5.74, 6) is -0.0230. The number of nitrogens with one attached hydrogen (secondary N) is 1. The molecule has 0 atom stereocenters. The Hall–Kier alpha value is -1.01. The molecule has 1 fully saturated rings. The number of nitrogens with zero attached hydrogens (tertiary/aromatic N) is 1. The molecule has 1 saturated carbocycles. The topological polar surface area (TPSA) is 68.0 Å². The third-order valence-electron chi connectivity index (χ3n) is 4.21. The van der Waals surface area contributed by atoms with Crippen LogP contribution >= 0.6 is 23.6 Å². The molecule has 0 radical (unpaired) electrons. The number of nitrogens with two attached hydrogens (primary N) is 1. The quantitative estimate of drug-likeness (QED) is 0.645. The largest absolute Gasteiger partial charge is 0.392 e. The van der Waals surface area contributed by atoms with Crippen LogP contribution in [-0.2, 0) is 17.8 Å². The van der Waals surface area contributed by atoms with Crippen LogP contribution in [-0.4, -0.2) is 15.9 Å². The van der Waals surface area contributed by atoms with Gasteiger partial charge in [0.1, 0.15) is 5.01 Å². The Morgan fingerprint density at radius 2 is 2.10 bits per heavy atom. The van der Waals surface area contributed by atoms with E-state index in [0.29, 0.717) is 11.5 Å². The molecule has 21 heavy (non-hydrogen) atoms. The second-order valence-corrected chi connectivity index (χ2v) is 7.26. The summed E-state index contributed by atoms with van der Waals surface area (Å²) >= 11 is 6.86. The molecule has 1 heterocycles. The number of aryl methyl sites for hydroxylation is 1. The molecule has 6 heteroatoms. The van der Waals surface area contributed by atoms with Gasteiger partial charge in [-0.3, -0.25) is 4.79 Å². The summed E-state index contributed by atoms with van der Waals surface area (Å²) in [5.41, 5.74) is 5.27. The Balaban J connectivity index is 2.03. The van der Waals surface area contributed by atoms with Crippen molar-refractivity contribution in [3.05, 3.63) is 16.1 Å². The summed E-state index contributed by atoms with van der Waals surface area (Å²) < 4.78 is 0. The third-order valence-corrected chi connectivity index (χ3v) is 5.75. The summed E-state index contributed by atoms with van der Waals surface area (Å²) in [4.78, 5) is 18.6. The molecular formula is C15H23N3OS2. The molecule has 2 rings (SSSR count). The summed E-state index contributed by atoms with van der Waals surface area (Å²) in [6.45, 7) is 2.57. The van der Waals surface area contributed by atoms with E-state index < -0.39 is 5.41 Å². The summed E-state index contributed by atoms with van der Waals surface area (Å²) in [6.07, 6.45) is 8.74. The van der Waals surface area contributed by atoms with Crippen molar-refractivity contribution in [2.75, 3.05) is 0 Å². The van der Waals surface area contributed by atoms with Crippen LogP contribution in [0.5, 0.6) is 0 Å². The first kappa shape index (κ1) is 16.4. The van der Waals surface area contributed by atoms with Crippen molar-refractivity contribution in [3.8, 4) is 0 Å². The fraction of sp³-hybridized carbons (Fsp3) is 0.667. The molecule has 0 bridgehead atoms. The first-order chi connectivity index (χ1) is 10.1. The van der Waals surface area contributed by atoms with Crippen LogP contribution in [0.15, 0.2) is 6.20 Å². The second-order valence-electron chi connectivity index (χ2n) is 5.62. The highest BCUT2D eigenvalue weighted by Gasteiger charge is 2.41. The maximum atomic E-state index is 12.7. The molecule has 1 aliphatic carbocycles. The van der Waals surface area contributed by atoms with E-state index in [1.807, 2.05) is 6.20 Å². The second kappa shape index (κ2) is 7.31. The van der Waals surface area contributed by atoms with Crippen LogP contribution in [0, 0.1) is 5.41 Å². The van der Waals surface area contributed by atoms with Gasteiger partial charge in [-0.25, -0.2) is 4.98 Å². The van der Waals surface area contributed by atoms with Gasteiger partial charge in [0.15, 0.2) is 0 Å². The van der Waals surface area contributed by atoms with Gasteiger partial charge in [0, 0.05) is 11.1 Å². The zero-order valence-corrected chi connectivity index (χ0v) is 14.1. The van der Waals surface area contributed by atoms with E-state index in [1.165, 1.54) is 4.88 Å². The molecule has 0 aliphatic heterocycles. The van der Waals surface area contributed by atoms with Gasteiger partial charge in [-0.05, 0) is 19.3 Å². The lowest BCUT2D eigenvalue weighted by Crippen LogP contribution is -2.48. The lowest BCUT2D eigenvalue weighted by atomic mass is 9.79. The number of thiocarbonyl (C=S) groups is 1. The molecule has 116 valence electrons. The fourth-order valence-electron chi connectivity index (χ4n) is 2.84. The van der Waals surface area contributed by atoms with Gasteiger partial charge in [0.25, 0.3) is 0 Å². The smallest absolute Gasteiger partial charge is 0.233 e. The summed E-state index contributed by atoms with van der Waals surface area (Å²) in [6, 6.07) is 0. The number of aromatic nitrogens is 1. The Morgan fingerprint density at radius 3 is 2.62 bits per heavy atom. The Kier molecular flexibility index (Phi) is 5.70. The van der Waals surface area contributed by atoms with Gasteiger partial charge in [0.05, 0.1) is 16.9 Å². The highest BCUT2D eigenvalue weighted by Crippen LogP contribution is 2.36. The summed E-state index contributed by atoms with van der Waals surface area (Å²) in [5, 5.41) is 3.93. The van der Waals surface area contributed by atoms with Gasteiger partial charge >= 0.3 is 0 Å². The van der Waals surface area contributed by atoms with E-state index >= 15 is 0 Å². The molecule has 1 amide bonds. The van der Waals surface area contributed by atoms with E-state index in [1.54, 1.807) is 11.3 Å². The lowest BCUT2D eigenvalue weighted by molar-refractivity contribution is -0.128. The highest BCUT2D eigenvalue weighted by molar-refractivity contribution is 7.80.